The van der Waals surface area contributed by atoms with E-state index in [4.69, 9.17) is 9.47 Å². The fourth-order valence-electron chi connectivity index (χ4n) is 2.28. The number of carbonyl (C=O) groups excluding carboxylic acids is 2. The Hall–Kier alpha value is -1.82. The fourth-order valence-corrected chi connectivity index (χ4v) is 3.23. The van der Waals surface area contributed by atoms with Crippen molar-refractivity contribution in [1.29, 1.82) is 0 Å². The lowest BCUT2D eigenvalue weighted by Crippen LogP contribution is -2.23. The Labute approximate surface area is 127 Å². The average Bonchev–Trinajstić information content (AvgIpc) is 2.94. The van der Waals surface area contributed by atoms with E-state index in [9.17, 15) is 9.59 Å². The van der Waals surface area contributed by atoms with E-state index < -0.39 is 12.0 Å². The quantitative estimate of drug-likeness (QED) is 0.795. The first-order chi connectivity index (χ1) is 9.99. The van der Waals surface area contributed by atoms with E-state index in [1.54, 1.807) is 42.7 Å². The van der Waals surface area contributed by atoms with Crippen LogP contribution in [0.4, 0.5) is 0 Å². The van der Waals surface area contributed by atoms with E-state index >= 15 is 0 Å². The Bertz CT molecular complexity index is 671. The molecule has 114 valence electrons. The van der Waals surface area contributed by atoms with Gasteiger partial charge in [0.25, 0.3) is 0 Å². The van der Waals surface area contributed by atoms with Gasteiger partial charge in [0.1, 0.15) is 11.7 Å². The molecule has 1 atom stereocenters. The van der Waals surface area contributed by atoms with Crippen LogP contribution in [0, 0.1) is 6.92 Å². The van der Waals surface area contributed by atoms with E-state index in [-0.39, 0.29) is 5.97 Å². The van der Waals surface area contributed by atoms with Crippen molar-refractivity contribution in [3.8, 4) is 0 Å². The van der Waals surface area contributed by atoms with Gasteiger partial charge in [-0.15, -0.1) is 11.3 Å². The number of hydrogen-bond donors (Lipinski definition) is 0. The monoisotopic (exact) mass is 309 g/mol. The molecule has 2 aromatic rings. The summed E-state index contributed by atoms with van der Waals surface area (Å²) in [5, 5.41) is 0. The average molecular weight is 309 g/mol. The maximum absolute atomic E-state index is 12.1. The second kappa shape index (κ2) is 6.30. The highest BCUT2D eigenvalue weighted by Crippen LogP contribution is 2.32. The second-order valence-corrected chi connectivity index (χ2v) is 5.94. The number of ether oxygens (including phenoxy) is 2. The standard InChI is InChI=1S/C15H19NO4S/c1-5-19-14(17)10(4)16-11-7-9(3)21-13(11)8-12(16)15(18)20-6-2/h7-8,10H,5-6H2,1-4H3/t10-/m0/s1. The van der Waals surface area contributed by atoms with Crippen molar-refractivity contribution in [2.24, 2.45) is 0 Å². The Kier molecular flexibility index (Phi) is 4.67. The molecule has 0 saturated heterocycles. The van der Waals surface area contributed by atoms with Crippen LogP contribution in [-0.2, 0) is 14.3 Å². The highest BCUT2D eigenvalue weighted by Gasteiger charge is 2.26. The van der Waals surface area contributed by atoms with Gasteiger partial charge in [0.2, 0.25) is 0 Å². The molecule has 21 heavy (non-hydrogen) atoms. The van der Waals surface area contributed by atoms with Crippen LogP contribution < -0.4 is 0 Å². The van der Waals surface area contributed by atoms with Crippen LogP contribution in [0.15, 0.2) is 12.1 Å². The molecule has 6 heteroatoms. The molecule has 0 amide bonds. The first-order valence-corrected chi connectivity index (χ1v) is 7.76. The van der Waals surface area contributed by atoms with Crippen LogP contribution in [0.25, 0.3) is 10.2 Å². The Balaban J connectivity index is 2.53. The molecule has 0 fully saturated rings. The summed E-state index contributed by atoms with van der Waals surface area (Å²) in [5.74, 6) is -0.779. The van der Waals surface area contributed by atoms with E-state index in [0.717, 1.165) is 15.1 Å². The summed E-state index contributed by atoms with van der Waals surface area (Å²) in [4.78, 5) is 25.3. The predicted octanol–water partition coefficient (Wildman–Crippen LogP) is 3.31. The number of carbonyl (C=O) groups is 2. The highest BCUT2D eigenvalue weighted by atomic mass is 32.1. The third-order valence-corrected chi connectivity index (χ3v) is 4.14. The molecule has 5 nitrogen and oxygen atoms in total. The Morgan fingerprint density at radius 2 is 1.90 bits per heavy atom. The van der Waals surface area contributed by atoms with Crippen LogP contribution in [0.3, 0.4) is 0 Å². The van der Waals surface area contributed by atoms with Gasteiger partial charge >= 0.3 is 11.9 Å². The molecule has 0 saturated carbocycles. The summed E-state index contributed by atoms with van der Waals surface area (Å²) in [6.45, 7) is 7.85. The maximum atomic E-state index is 12.1. The van der Waals surface area contributed by atoms with Gasteiger partial charge in [0.15, 0.2) is 0 Å². The molecule has 0 aromatic carbocycles. The topological polar surface area (TPSA) is 57.5 Å². The number of hydrogen-bond acceptors (Lipinski definition) is 5. The van der Waals surface area contributed by atoms with Crippen molar-refractivity contribution < 1.29 is 19.1 Å². The number of aromatic nitrogens is 1. The predicted molar refractivity (Wildman–Crippen MR) is 81.9 cm³/mol. The van der Waals surface area contributed by atoms with Crippen molar-refractivity contribution in [3.63, 3.8) is 0 Å². The number of esters is 2. The first kappa shape index (κ1) is 15.6. The molecule has 0 aliphatic carbocycles. The number of rotatable bonds is 5. The van der Waals surface area contributed by atoms with E-state index in [1.165, 1.54) is 0 Å². The largest absolute Gasteiger partial charge is 0.464 e. The lowest BCUT2D eigenvalue weighted by Gasteiger charge is -2.16. The second-order valence-electron chi connectivity index (χ2n) is 4.65. The van der Waals surface area contributed by atoms with Crippen molar-refractivity contribution >= 4 is 33.5 Å². The third kappa shape index (κ3) is 2.95. The van der Waals surface area contributed by atoms with Crippen LogP contribution >= 0.6 is 11.3 Å². The van der Waals surface area contributed by atoms with Gasteiger partial charge in [-0.25, -0.2) is 9.59 Å². The lowest BCUT2D eigenvalue weighted by molar-refractivity contribution is -0.146. The van der Waals surface area contributed by atoms with Gasteiger partial charge in [0, 0.05) is 4.88 Å². The van der Waals surface area contributed by atoms with E-state index in [1.807, 2.05) is 13.0 Å². The first-order valence-electron chi connectivity index (χ1n) is 6.94. The summed E-state index contributed by atoms with van der Waals surface area (Å²) in [6, 6.07) is 3.18. The zero-order valence-corrected chi connectivity index (χ0v) is 13.5. The molecule has 2 heterocycles. The van der Waals surface area contributed by atoms with Crippen molar-refractivity contribution in [2.75, 3.05) is 13.2 Å². The molecule has 0 aliphatic rings. The molecule has 0 radical (unpaired) electrons. The smallest absolute Gasteiger partial charge is 0.355 e. The van der Waals surface area contributed by atoms with Crippen LogP contribution in [0.2, 0.25) is 0 Å². The zero-order valence-electron chi connectivity index (χ0n) is 12.6. The maximum Gasteiger partial charge on any atom is 0.355 e. The highest BCUT2D eigenvalue weighted by molar-refractivity contribution is 7.19. The molecule has 0 bridgehead atoms. The summed E-state index contributed by atoms with van der Waals surface area (Å²) < 4.78 is 12.8. The molecular weight excluding hydrogens is 290 g/mol. The minimum Gasteiger partial charge on any atom is -0.464 e. The number of fused-ring (bicyclic) bond motifs is 1. The Morgan fingerprint density at radius 1 is 1.24 bits per heavy atom. The molecule has 2 aromatic heterocycles. The third-order valence-electron chi connectivity index (χ3n) is 3.15. The van der Waals surface area contributed by atoms with Gasteiger partial charge in [-0.1, -0.05) is 0 Å². The van der Waals surface area contributed by atoms with Crippen molar-refractivity contribution in [3.05, 3.63) is 22.7 Å². The minimum absolute atomic E-state index is 0.296. The SMILES string of the molecule is CCOC(=O)c1cc2sc(C)cc2n1[C@@H](C)C(=O)OCC. The Morgan fingerprint density at radius 3 is 2.52 bits per heavy atom. The molecular formula is C15H19NO4S. The molecule has 0 N–H and O–H groups in total. The number of aryl methyl sites for hydroxylation is 1. The van der Waals surface area contributed by atoms with Gasteiger partial charge in [0.05, 0.1) is 23.4 Å². The molecule has 0 spiro atoms. The van der Waals surface area contributed by atoms with Crippen LogP contribution in [0.1, 0.15) is 42.2 Å². The molecule has 2 rings (SSSR count). The normalized spacial score (nSPS) is 12.4. The van der Waals surface area contributed by atoms with Gasteiger partial charge in [-0.05, 0) is 39.8 Å². The molecule has 0 unspecified atom stereocenters. The van der Waals surface area contributed by atoms with Crippen molar-refractivity contribution in [2.45, 2.75) is 33.7 Å². The van der Waals surface area contributed by atoms with Crippen LogP contribution in [-0.4, -0.2) is 29.7 Å². The number of nitrogens with zero attached hydrogens (tertiary/aromatic N) is 1. The van der Waals surface area contributed by atoms with E-state index in [2.05, 4.69) is 0 Å². The van der Waals surface area contributed by atoms with E-state index in [0.29, 0.717) is 18.9 Å². The van der Waals surface area contributed by atoms with Gasteiger partial charge in [-0.3, -0.25) is 0 Å². The summed E-state index contributed by atoms with van der Waals surface area (Å²) in [6.07, 6.45) is 0. The number of thiophene rings is 1. The summed E-state index contributed by atoms with van der Waals surface area (Å²) in [7, 11) is 0. The fraction of sp³-hybridized carbons (Fsp3) is 0.467. The zero-order chi connectivity index (χ0) is 15.6. The van der Waals surface area contributed by atoms with Gasteiger partial charge in [-0.2, -0.15) is 0 Å². The lowest BCUT2D eigenvalue weighted by atomic mass is 10.3. The van der Waals surface area contributed by atoms with Gasteiger partial charge < -0.3 is 14.0 Å². The minimum atomic E-state index is -0.573. The van der Waals surface area contributed by atoms with Crippen molar-refractivity contribution in [1.82, 2.24) is 4.57 Å². The van der Waals surface area contributed by atoms with Crippen LogP contribution in [0.5, 0.6) is 0 Å². The summed E-state index contributed by atoms with van der Waals surface area (Å²) >= 11 is 1.58. The summed E-state index contributed by atoms with van der Waals surface area (Å²) in [5.41, 5.74) is 1.25. The molecule has 0 aliphatic heterocycles.